The molecule has 1 N–H and O–H groups in total. The van der Waals surface area contributed by atoms with Crippen LogP contribution in [-0.2, 0) is 42.5 Å². The summed E-state index contributed by atoms with van der Waals surface area (Å²) < 4.78 is 25.8. The number of anilines is 2. The van der Waals surface area contributed by atoms with Crippen LogP contribution in [0, 0.1) is 5.92 Å². The molecule has 2 amide bonds. The first-order valence-corrected chi connectivity index (χ1v) is 23.4. The van der Waals surface area contributed by atoms with E-state index in [2.05, 4.69) is 42.5 Å². The zero-order valence-corrected chi connectivity index (χ0v) is 35.8. The van der Waals surface area contributed by atoms with E-state index in [1.54, 1.807) is 29.9 Å². The number of rotatable bonds is 14. The summed E-state index contributed by atoms with van der Waals surface area (Å²) in [6.45, 7) is 8.77. The van der Waals surface area contributed by atoms with Crippen LogP contribution in [0.15, 0.2) is 103 Å². The minimum Gasteiger partial charge on any atom is -0.497 e. The number of amides is 2. The number of aliphatic hydroxyl groups is 1. The van der Waals surface area contributed by atoms with E-state index in [4.69, 9.17) is 18.9 Å². The fourth-order valence-electron chi connectivity index (χ4n) is 9.71. The Bertz CT molecular complexity index is 2390. The summed E-state index contributed by atoms with van der Waals surface area (Å²) in [5.74, 6) is 0.0600. The van der Waals surface area contributed by atoms with Gasteiger partial charge in [0.2, 0.25) is 5.91 Å². The first-order valence-electron chi connectivity index (χ1n) is 20.4. The molecule has 2 unspecified atom stereocenters. The Labute approximate surface area is 350 Å². The predicted molar refractivity (Wildman–Crippen MR) is 228 cm³/mol. The summed E-state index contributed by atoms with van der Waals surface area (Å²) in [6, 6.07) is 31.2. The second kappa shape index (κ2) is 16.3. The number of esters is 1. The number of ether oxygens (including phenoxy) is 4. The fourth-order valence-corrected chi connectivity index (χ4v) is 13.8. The lowest BCUT2D eigenvalue weighted by atomic mass is 9.82. The van der Waals surface area contributed by atoms with E-state index in [1.807, 2.05) is 85.1 Å². The number of fused-ring (bicyclic) bond motifs is 2. The predicted octanol–water partition coefficient (Wildman–Crippen LogP) is 5.90. The van der Waals surface area contributed by atoms with Gasteiger partial charge >= 0.3 is 5.97 Å². The van der Waals surface area contributed by atoms with Crippen molar-refractivity contribution in [3.05, 3.63) is 126 Å². The number of nitrogens with zero attached hydrogens (tertiary/aromatic N) is 5. The Balaban J connectivity index is 1.15. The highest BCUT2D eigenvalue weighted by Crippen LogP contribution is 2.60. The summed E-state index contributed by atoms with van der Waals surface area (Å²) in [6.07, 6.45) is 1.56. The number of benzene rings is 4. The maximum absolute atomic E-state index is 15.5. The van der Waals surface area contributed by atoms with Crippen molar-refractivity contribution in [2.24, 2.45) is 5.92 Å². The smallest absolute Gasteiger partial charge is 0.304 e. The number of carbonyl (C=O) groups excluding carboxylic acids is 3. The molecule has 2 fully saturated rings. The Morgan fingerprint density at radius 2 is 1.70 bits per heavy atom. The highest BCUT2D eigenvalue weighted by atomic mass is 28.3. The highest BCUT2D eigenvalue weighted by molar-refractivity contribution is 6.91. The minimum absolute atomic E-state index is 0.0229. The SMILES string of the molecule is COc1ccc([Si](C)(C)[C@@H]2[C@@H](CCn3cc(C(CO)c4ccccc4)nn3)O[C@]3(C(=O)N(Cc4cccc(N5C(=O)CC5OC(C)=O)c4)c4ccc(OC)cc43)[C@H]2C)cc1. The van der Waals surface area contributed by atoms with Crippen molar-refractivity contribution in [2.45, 2.75) is 82.3 Å². The van der Waals surface area contributed by atoms with Crippen LogP contribution >= 0.6 is 0 Å². The quantitative estimate of drug-likeness (QED) is 0.0817. The number of hydrogen-bond donors (Lipinski definition) is 1. The third-order valence-electron chi connectivity index (χ3n) is 12.7. The lowest BCUT2D eigenvalue weighted by molar-refractivity contribution is -0.154. The van der Waals surface area contributed by atoms with Crippen LogP contribution in [0.2, 0.25) is 18.6 Å². The van der Waals surface area contributed by atoms with Crippen molar-refractivity contribution in [2.75, 3.05) is 30.6 Å². The molecule has 5 aromatic rings. The van der Waals surface area contributed by atoms with Gasteiger partial charge in [-0.05, 0) is 65.6 Å². The molecule has 0 radical (unpaired) electrons. The monoisotopic (exact) mass is 829 g/mol. The largest absolute Gasteiger partial charge is 0.497 e. The first-order chi connectivity index (χ1) is 28.9. The molecule has 6 atom stereocenters. The van der Waals surface area contributed by atoms with Crippen molar-refractivity contribution < 1.29 is 38.4 Å². The Morgan fingerprint density at radius 1 is 0.967 bits per heavy atom. The molecule has 1 aromatic heterocycles. The molecular formula is C46H51N5O8Si. The average molecular weight is 830 g/mol. The number of methoxy groups -OCH3 is 2. The van der Waals surface area contributed by atoms with Crippen molar-refractivity contribution in [1.29, 1.82) is 0 Å². The number of aliphatic hydroxyl groups excluding tert-OH is 1. The molecule has 0 bridgehead atoms. The van der Waals surface area contributed by atoms with E-state index < -0.39 is 25.9 Å². The summed E-state index contributed by atoms with van der Waals surface area (Å²) in [5.41, 5.74) is 3.16. The van der Waals surface area contributed by atoms with Gasteiger partial charge in [0, 0.05) is 36.8 Å². The van der Waals surface area contributed by atoms with Gasteiger partial charge in [-0.15, -0.1) is 5.10 Å². The van der Waals surface area contributed by atoms with E-state index in [1.165, 1.54) is 17.0 Å². The Kier molecular flexibility index (Phi) is 11.1. The van der Waals surface area contributed by atoms with Gasteiger partial charge in [-0.2, -0.15) is 0 Å². The Morgan fingerprint density at radius 3 is 2.38 bits per heavy atom. The number of hydrogen-bond acceptors (Lipinski definition) is 10. The molecule has 0 saturated carbocycles. The van der Waals surface area contributed by atoms with Gasteiger partial charge in [-0.3, -0.25) is 24.0 Å². The van der Waals surface area contributed by atoms with Gasteiger partial charge in [0.15, 0.2) is 11.8 Å². The number of aryl methyl sites for hydroxylation is 1. The molecule has 0 aliphatic carbocycles. The summed E-state index contributed by atoms with van der Waals surface area (Å²) in [5, 5.41) is 20.5. The lowest BCUT2D eigenvalue weighted by Crippen LogP contribution is -2.54. The van der Waals surface area contributed by atoms with E-state index in [0.29, 0.717) is 30.1 Å². The molecule has 14 heteroatoms. The van der Waals surface area contributed by atoms with Crippen LogP contribution in [0.25, 0.3) is 0 Å². The van der Waals surface area contributed by atoms with E-state index in [0.717, 1.165) is 28.1 Å². The third kappa shape index (κ3) is 7.15. The van der Waals surface area contributed by atoms with Crippen LogP contribution in [0.1, 0.15) is 55.0 Å². The van der Waals surface area contributed by atoms with E-state index in [9.17, 15) is 14.7 Å². The van der Waals surface area contributed by atoms with Crippen molar-refractivity contribution in [3.8, 4) is 11.5 Å². The molecule has 2 saturated heterocycles. The molecule has 3 aliphatic heterocycles. The summed E-state index contributed by atoms with van der Waals surface area (Å²) in [7, 11) is 0.826. The van der Waals surface area contributed by atoms with Gasteiger partial charge in [0.25, 0.3) is 5.91 Å². The maximum Gasteiger partial charge on any atom is 0.304 e. The molecule has 13 nitrogen and oxygen atoms in total. The molecule has 8 rings (SSSR count). The zero-order valence-electron chi connectivity index (χ0n) is 34.8. The summed E-state index contributed by atoms with van der Waals surface area (Å²) >= 11 is 0. The average Bonchev–Trinajstić information content (AvgIpc) is 3.90. The third-order valence-corrected chi connectivity index (χ3v) is 17.1. The minimum atomic E-state index is -2.45. The van der Waals surface area contributed by atoms with Gasteiger partial charge in [0.05, 0.1) is 65.3 Å². The van der Waals surface area contributed by atoms with Gasteiger partial charge in [-0.25, -0.2) is 0 Å². The number of aromatic nitrogens is 3. The van der Waals surface area contributed by atoms with Crippen molar-refractivity contribution in [3.63, 3.8) is 0 Å². The van der Waals surface area contributed by atoms with Crippen LogP contribution in [0.4, 0.5) is 11.4 Å². The van der Waals surface area contributed by atoms with E-state index in [-0.39, 0.29) is 54.9 Å². The fraction of sp³-hybridized carbons (Fsp3) is 0.370. The second-order valence-corrected chi connectivity index (χ2v) is 21.2. The van der Waals surface area contributed by atoms with Gasteiger partial charge in [0.1, 0.15) is 11.5 Å². The standard InChI is InChI=1S/C46H51N5O8Si/c1-29-44(60(5,6)36-18-15-34(56-3)16-19-36)41(21-22-49-27-39(47-48-49)37(28-52)32-12-8-7-9-13-32)59-46(29)38-24-35(57-4)17-20-40(38)50(45(46)55)26-31-11-10-14-33(23-31)51-42(54)25-43(51)58-30(2)53/h7-20,23-24,27,29,37,41,43-44,52H,21-22,25-26,28H2,1-6H3/t29-,37?,41+,43?,44-,46+/m0/s1. The Hall–Kier alpha value is -5.83. The normalized spacial score (nSPS) is 22.8. The van der Waals surface area contributed by atoms with Gasteiger partial charge < -0.3 is 29.0 Å². The highest BCUT2D eigenvalue weighted by Gasteiger charge is 2.66. The molecule has 60 heavy (non-hydrogen) atoms. The molecular weight excluding hydrogens is 779 g/mol. The number of β-lactam (4-membered cyclic amide) rings is 1. The van der Waals surface area contributed by atoms with Crippen LogP contribution in [0.5, 0.6) is 11.5 Å². The summed E-state index contributed by atoms with van der Waals surface area (Å²) in [4.78, 5) is 43.2. The lowest BCUT2D eigenvalue weighted by Gasteiger charge is -2.39. The molecule has 4 aromatic carbocycles. The van der Waals surface area contributed by atoms with Crippen molar-refractivity contribution in [1.82, 2.24) is 15.0 Å². The topological polar surface area (TPSA) is 146 Å². The van der Waals surface area contributed by atoms with Crippen molar-refractivity contribution >= 4 is 42.4 Å². The van der Waals surface area contributed by atoms with Crippen LogP contribution in [-0.4, -0.2) is 79.1 Å². The van der Waals surface area contributed by atoms with Crippen LogP contribution in [0.3, 0.4) is 0 Å². The van der Waals surface area contributed by atoms with E-state index >= 15 is 4.79 Å². The molecule has 1 spiro atoms. The first kappa shape index (κ1) is 40.9. The molecule has 312 valence electrons. The second-order valence-electron chi connectivity index (χ2n) is 16.5. The molecule has 4 heterocycles. The number of carbonyl (C=O) groups is 3. The maximum atomic E-state index is 15.5. The zero-order chi connectivity index (χ0) is 42.3. The molecule has 3 aliphatic rings. The van der Waals surface area contributed by atoms with Crippen LogP contribution < -0.4 is 24.5 Å². The van der Waals surface area contributed by atoms with Gasteiger partial charge in [-0.1, -0.05) is 85.0 Å².